The Balaban J connectivity index is 2.93. The predicted octanol–water partition coefficient (Wildman–Crippen LogP) is 2.94. The average molecular weight is 236 g/mol. The fourth-order valence-electron chi connectivity index (χ4n) is 1.58. The van der Waals surface area contributed by atoms with E-state index in [9.17, 15) is 4.39 Å². The fraction of sp³-hybridized carbons (Fsp3) is 0.0909. The molecule has 0 radical (unpaired) electrons. The summed E-state index contributed by atoms with van der Waals surface area (Å²) in [5, 5.41) is 12.5. The van der Waals surface area contributed by atoms with Crippen LogP contribution in [-0.2, 0) is 0 Å². The molecule has 1 aromatic heterocycles. The number of benzene rings is 1. The number of nitriles is 1. The highest BCUT2D eigenvalue weighted by Crippen LogP contribution is 2.30. The van der Waals surface area contributed by atoms with Gasteiger partial charge in [0.15, 0.2) is 0 Å². The van der Waals surface area contributed by atoms with E-state index < -0.39 is 5.82 Å². The first-order chi connectivity index (χ1) is 7.67. The summed E-state index contributed by atoms with van der Waals surface area (Å²) in [6.07, 6.45) is 1.41. The van der Waals surface area contributed by atoms with Crippen LogP contribution in [0.2, 0.25) is 5.02 Å². The Hall–Kier alpha value is -1.86. The number of aromatic nitrogens is 1. The number of rotatable bonds is 1. The normalized spacial score (nSPS) is 10.1. The van der Waals surface area contributed by atoms with Crippen LogP contribution in [0.1, 0.15) is 5.56 Å². The van der Waals surface area contributed by atoms with Gasteiger partial charge in [-0.1, -0.05) is 11.6 Å². The van der Waals surface area contributed by atoms with Crippen molar-refractivity contribution in [2.24, 2.45) is 0 Å². The molecule has 1 heterocycles. The quantitative estimate of drug-likeness (QED) is 0.827. The molecule has 0 saturated heterocycles. The zero-order chi connectivity index (χ0) is 11.7. The van der Waals surface area contributed by atoms with Crippen LogP contribution in [0, 0.1) is 17.1 Å². The number of hydrogen-bond donors (Lipinski definition) is 1. The molecule has 0 spiro atoms. The lowest BCUT2D eigenvalue weighted by atomic mass is 10.1. The third-order valence-electron chi connectivity index (χ3n) is 2.26. The van der Waals surface area contributed by atoms with E-state index in [0.29, 0.717) is 22.2 Å². The molecule has 0 bridgehead atoms. The Morgan fingerprint density at radius 3 is 2.88 bits per heavy atom. The van der Waals surface area contributed by atoms with E-state index in [4.69, 9.17) is 16.9 Å². The van der Waals surface area contributed by atoms with Gasteiger partial charge in [-0.2, -0.15) is 5.26 Å². The molecule has 5 heteroatoms. The second kappa shape index (κ2) is 3.95. The van der Waals surface area contributed by atoms with Crippen LogP contribution in [0.15, 0.2) is 18.3 Å². The first kappa shape index (κ1) is 10.7. The maximum atomic E-state index is 13.2. The number of hydrogen-bond acceptors (Lipinski definition) is 3. The molecule has 0 fully saturated rings. The van der Waals surface area contributed by atoms with Gasteiger partial charge in [-0.15, -0.1) is 0 Å². The number of nitrogens with one attached hydrogen (secondary N) is 1. The van der Waals surface area contributed by atoms with E-state index in [-0.39, 0.29) is 5.02 Å². The molecular weight excluding hydrogens is 229 g/mol. The first-order valence-corrected chi connectivity index (χ1v) is 4.90. The number of nitrogens with zero attached hydrogens (tertiary/aromatic N) is 2. The third-order valence-corrected chi connectivity index (χ3v) is 2.55. The number of anilines is 1. The molecule has 3 nitrogen and oxygen atoms in total. The van der Waals surface area contributed by atoms with E-state index >= 15 is 0 Å². The molecule has 0 amide bonds. The third kappa shape index (κ3) is 1.55. The lowest BCUT2D eigenvalue weighted by Crippen LogP contribution is -1.96. The zero-order valence-electron chi connectivity index (χ0n) is 8.38. The molecule has 2 rings (SSSR count). The number of fused-ring (bicyclic) bond motifs is 1. The van der Waals surface area contributed by atoms with Gasteiger partial charge in [-0.3, -0.25) is 4.98 Å². The standard InChI is InChI=1S/C11H7ClFN3/c1-15-10-6(4-14)5-16-11-8(10)2-7(13)3-9(11)12/h2-3,5H,1H3,(H,15,16). The van der Waals surface area contributed by atoms with Gasteiger partial charge in [0.1, 0.15) is 11.9 Å². The monoisotopic (exact) mass is 235 g/mol. The van der Waals surface area contributed by atoms with E-state index in [0.717, 1.165) is 0 Å². The minimum atomic E-state index is -0.453. The summed E-state index contributed by atoms with van der Waals surface area (Å²) in [5.74, 6) is -0.453. The van der Waals surface area contributed by atoms with Gasteiger partial charge in [-0.25, -0.2) is 4.39 Å². The van der Waals surface area contributed by atoms with Crippen LogP contribution in [0.5, 0.6) is 0 Å². The van der Waals surface area contributed by atoms with Crippen molar-refractivity contribution < 1.29 is 4.39 Å². The summed E-state index contributed by atoms with van der Waals surface area (Å²) in [6.45, 7) is 0. The number of pyridine rings is 1. The summed E-state index contributed by atoms with van der Waals surface area (Å²) < 4.78 is 13.2. The second-order valence-electron chi connectivity index (χ2n) is 3.19. The van der Waals surface area contributed by atoms with Crippen molar-refractivity contribution in [3.05, 3.63) is 34.7 Å². The lowest BCUT2D eigenvalue weighted by molar-refractivity contribution is 0.629. The Morgan fingerprint density at radius 2 is 2.25 bits per heavy atom. The van der Waals surface area contributed by atoms with Crippen molar-refractivity contribution in [2.45, 2.75) is 0 Å². The molecule has 0 aliphatic rings. The van der Waals surface area contributed by atoms with Crippen molar-refractivity contribution in [3.63, 3.8) is 0 Å². The van der Waals surface area contributed by atoms with Crippen molar-refractivity contribution in [1.82, 2.24) is 4.98 Å². The Bertz CT molecular complexity index is 604. The summed E-state index contributed by atoms with van der Waals surface area (Å²) in [7, 11) is 1.66. The molecule has 0 atom stereocenters. The zero-order valence-corrected chi connectivity index (χ0v) is 9.14. The van der Waals surface area contributed by atoms with Gasteiger partial charge < -0.3 is 5.32 Å². The summed E-state index contributed by atoms with van der Waals surface area (Å²) in [5.41, 5.74) is 1.37. The van der Waals surface area contributed by atoms with Crippen molar-refractivity contribution in [2.75, 3.05) is 12.4 Å². The van der Waals surface area contributed by atoms with Crippen molar-refractivity contribution in [1.29, 1.82) is 5.26 Å². The van der Waals surface area contributed by atoms with Gasteiger partial charge >= 0.3 is 0 Å². The largest absolute Gasteiger partial charge is 0.386 e. The molecular formula is C11H7ClFN3. The van der Waals surface area contributed by atoms with Gasteiger partial charge in [0.05, 0.1) is 21.8 Å². The minimum Gasteiger partial charge on any atom is -0.386 e. The van der Waals surface area contributed by atoms with E-state index in [2.05, 4.69) is 10.3 Å². The first-order valence-electron chi connectivity index (χ1n) is 4.53. The SMILES string of the molecule is CNc1c(C#N)cnc2c(Cl)cc(F)cc12. The highest BCUT2D eigenvalue weighted by molar-refractivity contribution is 6.35. The maximum absolute atomic E-state index is 13.2. The van der Waals surface area contributed by atoms with Crippen LogP contribution in [0.25, 0.3) is 10.9 Å². The van der Waals surface area contributed by atoms with E-state index in [1.807, 2.05) is 6.07 Å². The predicted molar refractivity (Wildman–Crippen MR) is 61.0 cm³/mol. The Labute approximate surface area is 96.5 Å². The molecule has 0 aliphatic heterocycles. The van der Waals surface area contributed by atoms with Gasteiger partial charge in [0.25, 0.3) is 0 Å². The Morgan fingerprint density at radius 1 is 1.50 bits per heavy atom. The van der Waals surface area contributed by atoms with Gasteiger partial charge in [-0.05, 0) is 12.1 Å². The molecule has 0 unspecified atom stereocenters. The van der Waals surface area contributed by atoms with Crippen molar-refractivity contribution >= 4 is 28.2 Å². The van der Waals surface area contributed by atoms with Gasteiger partial charge in [0, 0.05) is 18.6 Å². The molecule has 0 saturated carbocycles. The van der Waals surface area contributed by atoms with Crippen LogP contribution in [0.3, 0.4) is 0 Å². The maximum Gasteiger partial charge on any atom is 0.125 e. The fourth-order valence-corrected chi connectivity index (χ4v) is 1.84. The number of halogens is 2. The highest BCUT2D eigenvalue weighted by atomic mass is 35.5. The Kier molecular flexibility index (Phi) is 2.63. The molecule has 80 valence electrons. The van der Waals surface area contributed by atoms with E-state index in [1.54, 1.807) is 7.05 Å². The minimum absolute atomic E-state index is 0.232. The van der Waals surface area contributed by atoms with Crippen LogP contribution < -0.4 is 5.32 Å². The average Bonchev–Trinajstić information content (AvgIpc) is 2.27. The van der Waals surface area contributed by atoms with E-state index in [1.165, 1.54) is 18.3 Å². The van der Waals surface area contributed by atoms with Gasteiger partial charge in [0.2, 0.25) is 0 Å². The second-order valence-corrected chi connectivity index (χ2v) is 3.60. The lowest BCUT2D eigenvalue weighted by Gasteiger charge is -2.08. The molecule has 0 aliphatic carbocycles. The highest BCUT2D eigenvalue weighted by Gasteiger charge is 2.11. The molecule has 1 aromatic carbocycles. The van der Waals surface area contributed by atoms with Crippen LogP contribution in [0.4, 0.5) is 10.1 Å². The smallest absolute Gasteiger partial charge is 0.125 e. The summed E-state index contributed by atoms with van der Waals surface area (Å²) in [4.78, 5) is 4.04. The topological polar surface area (TPSA) is 48.7 Å². The van der Waals surface area contributed by atoms with Crippen LogP contribution >= 0.6 is 11.6 Å². The summed E-state index contributed by atoms with van der Waals surface area (Å²) in [6, 6.07) is 4.49. The molecule has 2 aromatic rings. The van der Waals surface area contributed by atoms with Crippen molar-refractivity contribution in [3.8, 4) is 6.07 Å². The molecule has 1 N–H and O–H groups in total. The van der Waals surface area contributed by atoms with Crippen LogP contribution in [-0.4, -0.2) is 12.0 Å². The molecule has 16 heavy (non-hydrogen) atoms. The summed E-state index contributed by atoms with van der Waals surface area (Å²) >= 11 is 5.87.